The predicted molar refractivity (Wildman–Crippen MR) is 112 cm³/mol. The summed E-state index contributed by atoms with van der Waals surface area (Å²) < 4.78 is 23.7. The molecule has 1 unspecified atom stereocenters. The molecule has 0 aliphatic carbocycles. The highest BCUT2D eigenvalue weighted by molar-refractivity contribution is 7.99. The maximum Gasteiger partial charge on any atom is 0.193 e. The second-order valence-corrected chi connectivity index (χ2v) is 11.6. The highest BCUT2D eigenvalue weighted by Crippen LogP contribution is 2.25. The number of aliphatic imine (C=N–C) groups is 1. The summed E-state index contributed by atoms with van der Waals surface area (Å²) in [7, 11) is -1.36. The van der Waals surface area contributed by atoms with E-state index in [1.54, 1.807) is 27.8 Å². The molecule has 1 N–H and O–H groups in total. The minimum absolute atomic E-state index is 0.122. The average Bonchev–Trinajstić information content (AvgIpc) is 3.05. The van der Waals surface area contributed by atoms with E-state index >= 15 is 0 Å². The van der Waals surface area contributed by atoms with Crippen molar-refractivity contribution in [3.8, 4) is 0 Å². The number of nitrogens with zero attached hydrogens (tertiary/aromatic N) is 2. The Bertz CT molecular complexity index is 697. The zero-order valence-corrected chi connectivity index (χ0v) is 17.9. The summed E-state index contributed by atoms with van der Waals surface area (Å²) in [6, 6.07) is 10.5. The van der Waals surface area contributed by atoms with Gasteiger partial charge in [-0.05, 0) is 45.2 Å². The number of likely N-dealkylation sites (tertiary alicyclic amines) is 1. The maximum atomic E-state index is 12.2. The Labute approximate surface area is 162 Å². The third-order valence-corrected chi connectivity index (χ3v) is 8.46. The van der Waals surface area contributed by atoms with Crippen molar-refractivity contribution in [2.24, 2.45) is 10.9 Å². The predicted octanol–water partition coefficient (Wildman–Crippen LogP) is 2.89. The Hall–Kier alpha value is -1.21. The molecular weight excluding hydrogens is 366 g/mol. The monoisotopic (exact) mass is 397 g/mol. The van der Waals surface area contributed by atoms with E-state index in [4.69, 9.17) is 0 Å². The molecular formula is C19H31N3O2S2. The molecule has 0 radical (unpaired) electrons. The van der Waals surface area contributed by atoms with Crippen molar-refractivity contribution in [2.45, 2.75) is 36.8 Å². The summed E-state index contributed by atoms with van der Waals surface area (Å²) in [5, 5.41) is 3.22. The molecule has 26 heavy (non-hydrogen) atoms. The minimum Gasteiger partial charge on any atom is -0.355 e. The van der Waals surface area contributed by atoms with Crippen LogP contribution in [0, 0.1) is 5.92 Å². The van der Waals surface area contributed by atoms with Crippen LogP contribution in [0.4, 0.5) is 0 Å². The lowest BCUT2D eigenvalue weighted by atomic mass is 10.2. The Balaban J connectivity index is 1.78. The van der Waals surface area contributed by atoms with Gasteiger partial charge in [0.25, 0.3) is 0 Å². The number of hydrogen-bond acceptors (Lipinski definition) is 4. The van der Waals surface area contributed by atoms with Crippen LogP contribution in [0.3, 0.4) is 0 Å². The van der Waals surface area contributed by atoms with E-state index in [9.17, 15) is 8.42 Å². The van der Waals surface area contributed by atoms with Crippen LogP contribution in [0.5, 0.6) is 0 Å². The number of hydrogen-bond donors (Lipinski definition) is 1. The minimum atomic E-state index is -3.11. The van der Waals surface area contributed by atoms with Gasteiger partial charge in [-0.1, -0.05) is 18.2 Å². The average molecular weight is 398 g/mol. The van der Waals surface area contributed by atoms with Gasteiger partial charge < -0.3 is 10.2 Å². The first-order valence-electron chi connectivity index (χ1n) is 9.08. The number of rotatable bonds is 6. The normalized spacial score (nSPS) is 19.0. The van der Waals surface area contributed by atoms with Crippen molar-refractivity contribution in [2.75, 3.05) is 38.2 Å². The maximum absolute atomic E-state index is 12.2. The first-order valence-corrected chi connectivity index (χ1v) is 11.7. The van der Waals surface area contributed by atoms with Gasteiger partial charge in [-0.2, -0.15) is 0 Å². The van der Waals surface area contributed by atoms with Crippen molar-refractivity contribution in [3.05, 3.63) is 30.3 Å². The Morgan fingerprint density at radius 1 is 1.31 bits per heavy atom. The molecule has 1 atom stereocenters. The molecule has 1 aromatic rings. The lowest BCUT2D eigenvalue weighted by Crippen LogP contribution is -2.43. The fraction of sp³-hybridized carbons (Fsp3) is 0.632. The summed E-state index contributed by atoms with van der Waals surface area (Å²) in [6.07, 6.45) is 1.14. The number of thioether (sulfide) groups is 1. The van der Waals surface area contributed by atoms with Crippen molar-refractivity contribution in [1.82, 2.24) is 10.2 Å². The third-order valence-electron chi connectivity index (χ3n) is 4.61. The number of nitrogens with one attached hydrogen (secondary N) is 1. The van der Waals surface area contributed by atoms with E-state index in [0.29, 0.717) is 12.5 Å². The molecule has 1 heterocycles. The molecule has 1 fully saturated rings. The van der Waals surface area contributed by atoms with Crippen molar-refractivity contribution < 1.29 is 8.42 Å². The molecule has 1 aliphatic rings. The topological polar surface area (TPSA) is 61.8 Å². The van der Waals surface area contributed by atoms with Crippen LogP contribution < -0.4 is 5.32 Å². The third kappa shape index (κ3) is 5.91. The van der Waals surface area contributed by atoms with E-state index < -0.39 is 14.6 Å². The van der Waals surface area contributed by atoms with Crippen LogP contribution in [0.2, 0.25) is 0 Å². The molecule has 146 valence electrons. The van der Waals surface area contributed by atoms with E-state index in [1.807, 2.05) is 17.8 Å². The van der Waals surface area contributed by atoms with Crippen molar-refractivity contribution in [3.63, 3.8) is 0 Å². The van der Waals surface area contributed by atoms with Crippen molar-refractivity contribution >= 4 is 27.6 Å². The highest BCUT2D eigenvalue weighted by atomic mass is 32.2. The van der Waals surface area contributed by atoms with Crippen LogP contribution in [0.15, 0.2) is 40.2 Å². The molecule has 5 nitrogen and oxygen atoms in total. The van der Waals surface area contributed by atoms with Crippen LogP contribution in [0.1, 0.15) is 27.2 Å². The largest absolute Gasteiger partial charge is 0.355 e. The first-order chi connectivity index (χ1) is 12.2. The van der Waals surface area contributed by atoms with E-state index in [-0.39, 0.29) is 5.75 Å². The van der Waals surface area contributed by atoms with E-state index in [0.717, 1.165) is 31.2 Å². The molecule has 0 amide bonds. The lowest BCUT2D eigenvalue weighted by Gasteiger charge is -2.23. The molecule has 1 aliphatic heterocycles. The lowest BCUT2D eigenvalue weighted by molar-refractivity contribution is 0.476. The molecule has 1 saturated heterocycles. The van der Waals surface area contributed by atoms with Gasteiger partial charge in [0.2, 0.25) is 0 Å². The van der Waals surface area contributed by atoms with E-state index in [1.165, 1.54) is 4.90 Å². The Morgan fingerprint density at radius 3 is 2.62 bits per heavy atom. The molecule has 1 aromatic carbocycles. The van der Waals surface area contributed by atoms with Gasteiger partial charge in [0.15, 0.2) is 15.8 Å². The first kappa shape index (κ1) is 21.1. The summed E-state index contributed by atoms with van der Waals surface area (Å²) >= 11 is 1.90. The van der Waals surface area contributed by atoms with Gasteiger partial charge >= 0.3 is 0 Å². The fourth-order valence-corrected chi connectivity index (χ4v) is 4.86. The Kier molecular flexibility index (Phi) is 7.41. The smallest absolute Gasteiger partial charge is 0.193 e. The van der Waals surface area contributed by atoms with Gasteiger partial charge in [-0.25, -0.2) is 8.42 Å². The van der Waals surface area contributed by atoms with Crippen LogP contribution in [0.25, 0.3) is 0 Å². The van der Waals surface area contributed by atoms with Gasteiger partial charge in [-0.15, -0.1) is 11.8 Å². The van der Waals surface area contributed by atoms with Gasteiger partial charge in [-0.3, -0.25) is 4.99 Å². The summed E-state index contributed by atoms with van der Waals surface area (Å²) in [5.41, 5.74) is 0. The van der Waals surface area contributed by atoms with Crippen molar-refractivity contribution in [1.29, 1.82) is 0 Å². The van der Waals surface area contributed by atoms with Gasteiger partial charge in [0.1, 0.15) is 0 Å². The number of benzene rings is 1. The summed E-state index contributed by atoms with van der Waals surface area (Å²) in [4.78, 5) is 7.88. The second kappa shape index (κ2) is 9.13. The molecule has 0 bridgehead atoms. The van der Waals surface area contributed by atoms with Crippen LogP contribution in [-0.2, 0) is 9.84 Å². The van der Waals surface area contributed by atoms with Gasteiger partial charge in [0.05, 0.1) is 10.5 Å². The van der Waals surface area contributed by atoms with Gasteiger partial charge in [0, 0.05) is 37.3 Å². The molecule has 7 heteroatoms. The Morgan fingerprint density at radius 2 is 2.00 bits per heavy atom. The summed E-state index contributed by atoms with van der Waals surface area (Å²) in [5.74, 6) is 2.64. The summed E-state index contributed by atoms with van der Waals surface area (Å²) in [6.45, 7) is 7.55. The standard InChI is InChI=1S/C19H31N3O2S2/c1-19(2,3)26(23,24)13-11-21-18(20-4)22-12-10-16(14-22)15-25-17-8-6-5-7-9-17/h5-9,16H,10-15H2,1-4H3,(H,20,21). The van der Waals surface area contributed by atoms with E-state index in [2.05, 4.69) is 39.5 Å². The number of sulfone groups is 1. The molecule has 0 aromatic heterocycles. The SMILES string of the molecule is CN=C(NCCS(=O)(=O)C(C)(C)C)N1CCC(CSc2ccccc2)C1. The molecule has 2 rings (SSSR count). The highest BCUT2D eigenvalue weighted by Gasteiger charge is 2.29. The fourth-order valence-electron chi connectivity index (χ4n) is 2.83. The van der Waals surface area contributed by atoms with Crippen LogP contribution in [-0.4, -0.2) is 62.2 Å². The quantitative estimate of drug-likeness (QED) is 0.454. The molecule has 0 saturated carbocycles. The zero-order chi connectivity index (χ0) is 19.2. The van der Waals surface area contributed by atoms with Crippen LogP contribution >= 0.6 is 11.8 Å². The second-order valence-electron chi connectivity index (χ2n) is 7.63. The number of guanidine groups is 1. The molecule has 0 spiro atoms. The zero-order valence-electron chi connectivity index (χ0n) is 16.2.